The van der Waals surface area contributed by atoms with Gasteiger partial charge in [-0.25, -0.2) is 4.79 Å². The van der Waals surface area contributed by atoms with Gasteiger partial charge in [-0.2, -0.15) is 0 Å². The number of carbonyl (C=O) groups excluding carboxylic acids is 1. The zero-order valence-electron chi connectivity index (χ0n) is 11.1. The molecule has 104 valence electrons. The number of carbonyl (C=O) groups is 2. The number of fused-ring (bicyclic) bond motifs is 1. The van der Waals surface area contributed by atoms with Crippen molar-refractivity contribution in [2.24, 2.45) is 5.92 Å². The standard InChI is InChI=1S/C15H15NO4/c1-9-6-7-16(13(9)15(18)19)14(17)11-8-20-12-5-3-2-4-10(11)12/h2-5,8-9,13H,6-7H2,1H3,(H,18,19). The molecule has 0 saturated carbocycles. The molecule has 5 heteroatoms. The van der Waals surface area contributed by atoms with Gasteiger partial charge in [-0.3, -0.25) is 4.79 Å². The minimum atomic E-state index is -0.948. The second-order valence-electron chi connectivity index (χ2n) is 5.19. The summed E-state index contributed by atoms with van der Waals surface area (Å²) < 4.78 is 5.36. The van der Waals surface area contributed by atoms with E-state index >= 15 is 0 Å². The summed E-state index contributed by atoms with van der Waals surface area (Å²) in [6.45, 7) is 2.33. The maximum absolute atomic E-state index is 12.6. The maximum Gasteiger partial charge on any atom is 0.326 e. The molecule has 2 heterocycles. The summed E-state index contributed by atoms with van der Waals surface area (Å²) in [6.07, 6.45) is 2.12. The van der Waals surface area contributed by atoms with E-state index < -0.39 is 12.0 Å². The van der Waals surface area contributed by atoms with E-state index in [-0.39, 0.29) is 11.8 Å². The minimum Gasteiger partial charge on any atom is -0.480 e. The molecule has 5 nitrogen and oxygen atoms in total. The van der Waals surface area contributed by atoms with Gasteiger partial charge in [-0.05, 0) is 18.4 Å². The van der Waals surface area contributed by atoms with Crippen LogP contribution in [0.25, 0.3) is 11.0 Å². The van der Waals surface area contributed by atoms with E-state index in [1.54, 1.807) is 12.1 Å². The summed E-state index contributed by atoms with van der Waals surface area (Å²) in [7, 11) is 0. The molecule has 1 aliphatic heterocycles. The molecule has 0 bridgehead atoms. The second kappa shape index (κ2) is 4.67. The van der Waals surface area contributed by atoms with Crippen molar-refractivity contribution in [3.63, 3.8) is 0 Å². The molecule has 1 aromatic carbocycles. The zero-order valence-corrected chi connectivity index (χ0v) is 11.1. The van der Waals surface area contributed by atoms with E-state index in [0.29, 0.717) is 24.1 Å². The normalized spacial score (nSPS) is 22.4. The molecular weight excluding hydrogens is 258 g/mol. The van der Waals surface area contributed by atoms with Crippen LogP contribution in [0.1, 0.15) is 23.7 Å². The summed E-state index contributed by atoms with van der Waals surface area (Å²) in [5.74, 6) is -1.25. The number of rotatable bonds is 2. The van der Waals surface area contributed by atoms with E-state index in [4.69, 9.17) is 4.42 Å². The van der Waals surface area contributed by atoms with Gasteiger partial charge in [-0.1, -0.05) is 25.1 Å². The first-order valence-electron chi connectivity index (χ1n) is 6.59. The fraction of sp³-hybridized carbons (Fsp3) is 0.333. The summed E-state index contributed by atoms with van der Waals surface area (Å²) in [4.78, 5) is 25.4. The first-order chi connectivity index (χ1) is 9.59. The highest BCUT2D eigenvalue weighted by Gasteiger charge is 2.40. The number of benzene rings is 1. The van der Waals surface area contributed by atoms with Crippen molar-refractivity contribution in [2.45, 2.75) is 19.4 Å². The smallest absolute Gasteiger partial charge is 0.326 e. The fourth-order valence-corrected chi connectivity index (χ4v) is 2.85. The molecular formula is C15H15NO4. The van der Waals surface area contributed by atoms with Gasteiger partial charge < -0.3 is 14.4 Å². The minimum absolute atomic E-state index is 0.0328. The molecule has 1 aliphatic rings. The van der Waals surface area contributed by atoms with E-state index in [1.165, 1.54) is 11.2 Å². The fourth-order valence-electron chi connectivity index (χ4n) is 2.85. The lowest BCUT2D eigenvalue weighted by atomic mass is 10.0. The molecule has 1 fully saturated rings. The quantitative estimate of drug-likeness (QED) is 0.911. The van der Waals surface area contributed by atoms with Gasteiger partial charge in [0.05, 0.1) is 5.56 Å². The van der Waals surface area contributed by atoms with Crippen LogP contribution in [0.4, 0.5) is 0 Å². The molecule has 0 aliphatic carbocycles. The third-order valence-electron chi connectivity index (χ3n) is 3.93. The number of hydrogen-bond acceptors (Lipinski definition) is 3. The predicted octanol–water partition coefficient (Wildman–Crippen LogP) is 2.37. The Labute approximate surface area is 115 Å². The van der Waals surface area contributed by atoms with Gasteiger partial charge in [0, 0.05) is 11.9 Å². The van der Waals surface area contributed by atoms with Crippen LogP contribution in [0.5, 0.6) is 0 Å². The lowest BCUT2D eigenvalue weighted by Gasteiger charge is -2.22. The van der Waals surface area contributed by atoms with E-state index in [0.717, 1.165) is 5.39 Å². The molecule has 1 N–H and O–H groups in total. The van der Waals surface area contributed by atoms with E-state index in [2.05, 4.69) is 0 Å². The van der Waals surface area contributed by atoms with Crippen LogP contribution in [0.15, 0.2) is 34.9 Å². The predicted molar refractivity (Wildman–Crippen MR) is 72.5 cm³/mol. The molecule has 3 rings (SSSR count). The SMILES string of the molecule is CC1CCN(C(=O)c2coc3ccccc23)C1C(=O)O. The number of hydrogen-bond donors (Lipinski definition) is 1. The first-order valence-corrected chi connectivity index (χ1v) is 6.59. The average molecular weight is 273 g/mol. The average Bonchev–Trinajstić information content (AvgIpc) is 3.01. The van der Waals surface area contributed by atoms with Crippen LogP contribution < -0.4 is 0 Å². The number of amides is 1. The molecule has 1 amide bonds. The number of carboxylic acids is 1. The van der Waals surface area contributed by atoms with E-state index in [9.17, 15) is 14.7 Å². The van der Waals surface area contributed by atoms with Crippen LogP contribution in [-0.4, -0.2) is 34.5 Å². The number of nitrogens with zero attached hydrogens (tertiary/aromatic N) is 1. The third-order valence-corrected chi connectivity index (χ3v) is 3.93. The highest BCUT2D eigenvalue weighted by molar-refractivity contribution is 6.07. The number of carboxylic acid groups (broad SMARTS) is 1. The summed E-state index contributed by atoms with van der Waals surface area (Å²) in [6, 6.07) is 6.50. The van der Waals surface area contributed by atoms with Crippen molar-refractivity contribution in [2.75, 3.05) is 6.54 Å². The molecule has 0 spiro atoms. The Morgan fingerprint density at radius 1 is 1.35 bits per heavy atom. The lowest BCUT2D eigenvalue weighted by molar-refractivity contribution is -0.142. The van der Waals surface area contributed by atoms with Crippen molar-refractivity contribution in [1.29, 1.82) is 0 Å². The summed E-state index contributed by atoms with van der Waals surface area (Å²) in [5, 5.41) is 10.0. The number of likely N-dealkylation sites (tertiary alicyclic amines) is 1. The molecule has 2 unspecified atom stereocenters. The lowest BCUT2D eigenvalue weighted by Crippen LogP contribution is -2.42. The van der Waals surface area contributed by atoms with Crippen LogP contribution in [0.3, 0.4) is 0 Å². The van der Waals surface area contributed by atoms with Crippen LogP contribution in [-0.2, 0) is 4.79 Å². The number of para-hydroxylation sites is 1. The Bertz CT molecular complexity index is 675. The largest absolute Gasteiger partial charge is 0.480 e. The van der Waals surface area contributed by atoms with Crippen molar-refractivity contribution in [3.8, 4) is 0 Å². The molecule has 0 radical (unpaired) electrons. The van der Waals surface area contributed by atoms with Gasteiger partial charge in [0.2, 0.25) is 0 Å². The Balaban J connectivity index is 1.98. The number of aliphatic carboxylic acids is 1. The van der Waals surface area contributed by atoms with Gasteiger partial charge in [-0.15, -0.1) is 0 Å². The van der Waals surface area contributed by atoms with Gasteiger partial charge in [0.1, 0.15) is 17.9 Å². The van der Waals surface area contributed by atoms with Gasteiger partial charge in [0.25, 0.3) is 5.91 Å². The third kappa shape index (κ3) is 1.86. The van der Waals surface area contributed by atoms with Gasteiger partial charge in [0.15, 0.2) is 0 Å². The maximum atomic E-state index is 12.6. The number of furan rings is 1. The van der Waals surface area contributed by atoms with Crippen molar-refractivity contribution < 1.29 is 19.1 Å². The first kappa shape index (κ1) is 12.7. The Hall–Kier alpha value is -2.30. The molecule has 2 aromatic rings. The van der Waals surface area contributed by atoms with E-state index in [1.807, 2.05) is 19.1 Å². The molecule has 2 atom stereocenters. The van der Waals surface area contributed by atoms with Crippen molar-refractivity contribution in [1.82, 2.24) is 4.90 Å². The van der Waals surface area contributed by atoms with Crippen LogP contribution in [0, 0.1) is 5.92 Å². The van der Waals surface area contributed by atoms with Crippen molar-refractivity contribution >= 4 is 22.8 Å². The zero-order chi connectivity index (χ0) is 14.3. The van der Waals surface area contributed by atoms with Crippen LogP contribution >= 0.6 is 0 Å². The second-order valence-corrected chi connectivity index (χ2v) is 5.19. The highest BCUT2D eigenvalue weighted by Crippen LogP contribution is 2.29. The molecule has 1 aromatic heterocycles. The summed E-state index contributed by atoms with van der Waals surface area (Å²) in [5.41, 5.74) is 1.07. The molecule has 20 heavy (non-hydrogen) atoms. The Morgan fingerprint density at radius 2 is 2.10 bits per heavy atom. The molecule has 1 saturated heterocycles. The topological polar surface area (TPSA) is 70.8 Å². The monoisotopic (exact) mass is 273 g/mol. The van der Waals surface area contributed by atoms with Crippen LogP contribution in [0.2, 0.25) is 0 Å². The van der Waals surface area contributed by atoms with Gasteiger partial charge >= 0.3 is 5.97 Å². The Kier molecular flexibility index (Phi) is 2.97. The summed E-state index contributed by atoms with van der Waals surface area (Å²) >= 11 is 0. The Morgan fingerprint density at radius 3 is 2.85 bits per heavy atom. The van der Waals surface area contributed by atoms with Crippen molar-refractivity contribution in [3.05, 3.63) is 36.1 Å². The highest BCUT2D eigenvalue weighted by atomic mass is 16.4.